The molecule has 0 rings (SSSR count). The quantitative estimate of drug-likeness (QED) is 0.163. The average molecular weight is 542 g/mol. The van der Waals surface area contributed by atoms with E-state index >= 15 is 0 Å². The Balaban J connectivity index is -0.0000000277. The van der Waals surface area contributed by atoms with E-state index in [9.17, 15) is 0 Å². The maximum atomic E-state index is 8.74. The van der Waals surface area contributed by atoms with Crippen LogP contribution in [0.1, 0.15) is 0 Å². The molecule has 0 atom stereocenters. The molecule has 0 bridgehead atoms. The molecule has 13 nitrogen and oxygen atoms in total. The third-order valence-electron chi connectivity index (χ3n) is 0. The van der Waals surface area contributed by atoms with Gasteiger partial charge in [-0.3, -0.25) is 27.3 Å². The third kappa shape index (κ3) is 2680. The monoisotopic (exact) mass is 542 g/mol. The summed E-state index contributed by atoms with van der Waals surface area (Å²) in [5, 5.41) is 0. The molecule has 0 aliphatic carbocycles. The van der Waals surface area contributed by atoms with Crippen LogP contribution >= 0.6 is 0 Å². The molecular formula is H8In2O13S3. The Morgan fingerprint density at radius 2 is 0.444 bits per heavy atom. The van der Waals surface area contributed by atoms with Crippen LogP contribution in [0.3, 0.4) is 0 Å². The van der Waals surface area contributed by atoms with E-state index in [0.29, 0.717) is 0 Å². The van der Waals surface area contributed by atoms with Gasteiger partial charge < -0.3 is 5.48 Å². The maximum Gasteiger partial charge on any atom is 0.394 e. The summed E-state index contributed by atoms with van der Waals surface area (Å²) in [6.45, 7) is 0. The Morgan fingerprint density at radius 1 is 0.444 bits per heavy atom. The molecule has 0 aliphatic heterocycles. The molecule has 0 aromatic carbocycles. The van der Waals surface area contributed by atoms with Crippen LogP contribution in [0.15, 0.2) is 0 Å². The molecule has 18 heavy (non-hydrogen) atoms. The molecule has 0 amide bonds. The van der Waals surface area contributed by atoms with Crippen molar-refractivity contribution in [3.8, 4) is 0 Å². The summed E-state index contributed by atoms with van der Waals surface area (Å²) in [5.74, 6) is 0. The van der Waals surface area contributed by atoms with Crippen molar-refractivity contribution < 1.29 is 58.0 Å². The van der Waals surface area contributed by atoms with Gasteiger partial charge in [0.05, 0.1) is 0 Å². The summed E-state index contributed by atoms with van der Waals surface area (Å²) in [5.41, 5.74) is 0. The normalized spacial score (nSPS) is 9.67. The summed E-state index contributed by atoms with van der Waals surface area (Å²) < 4.78 is 94.8. The zero-order valence-corrected chi connectivity index (χ0v) is 17.1. The predicted octanol–water partition coefficient (Wildman–Crippen LogP) is -3.54. The van der Waals surface area contributed by atoms with E-state index in [2.05, 4.69) is 0 Å². The van der Waals surface area contributed by atoms with Crippen LogP contribution < -0.4 is 0 Å². The zero-order chi connectivity index (χ0) is 13.5. The molecule has 0 heterocycles. The molecule has 18 heteroatoms. The topological polar surface area (TPSA) is 255 Å². The Bertz CT molecular complexity index is 341. The van der Waals surface area contributed by atoms with Gasteiger partial charge in [0.1, 0.15) is 0 Å². The van der Waals surface area contributed by atoms with Crippen LogP contribution in [0, 0.1) is 0 Å². The maximum absolute atomic E-state index is 8.74. The zero-order valence-electron chi connectivity index (χ0n) is 8.01. The van der Waals surface area contributed by atoms with Crippen molar-refractivity contribution in [1.82, 2.24) is 0 Å². The van der Waals surface area contributed by atoms with E-state index < -0.39 is 31.2 Å². The van der Waals surface area contributed by atoms with Crippen LogP contribution in [-0.2, 0) is 31.2 Å². The molecule has 8 N–H and O–H groups in total. The van der Waals surface area contributed by atoms with Crippen LogP contribution in [0.4, 0.5) is 0 Å². The van der Waals surface area contributed by atoms with Crippen LogP contribution in [-0.4, -0.2) is 110 Å². The van der Waals surface area contributed by atoms with Crippen molar-refractivity contribution in [3.63, 3.8) is 0 Å². The van der Waals surface area contributed by atoms with Gasteiger partial charge in [0.25, 0.3) is 0 Å². The van der Waals surface area contributed by atoms with E-state index in [1.54, 1.807) is 0 Å². The van der Waals surface area contributed by atoms with Gasteiger partial charge in [-0.1, -0.05) is 0 Å². The van der Waals surface area contributed by atoms with Gasteiger partial charge in [-0.2, -0.15) is 25.3 Å². The van der Waals surface area contributed by atoms with E-state index in [0.717, 1.165) is 0 Å². The molecule has 0 unspecified atom stereocenters. The molecule has 6 radical (unpaired) electrons. The van der Waals surface area contributed by atoms with Crippen LogP contribution in [0.5, 0.6) is 0 Å². The predicted molar refractivity (Wildman–Crippen MR) is 57.7 cm³/mol. The third-order valence-corrected chi connectivity index (χ3v) is 0. The minimum atomic E-state index is -4.67. The second kappa shape index (κ2) is 14.7. The summed E-state index contributed by atoms with van der Waals surface area (Å²) >= 11 is 0. The standard InChI is InChI=1S/2In.3H2O4S.H2O/c;;3*1-5(2,3)4;/h;;3*(H2,1,2,3,4);1H2. The first-order chi connectivity index (χ1) is 6.00. The molecule has 0 fully saturated rings. The number of rotatable bonds is 0. The van der Waals surface area contributed by atoms with Crippen molar-refractivity contribution in [3.05, 3.63) is 0 Å². The van der Waals surface area contributed by atoms with Crippen molar-refractivity contribution in [2.24, 2.45) is 0 Å². The number of hydrogen-bond donors (Lipinski definition) is 6. The van der Waals surface area contributed by atoms with Crippen molar-refractivity contribution in [2.45, 2.75) is 0 Å². The molecule has 0 aromatic rings. The first-order valence-corrected chi connectivity index (χ1v) is 6.29. The van der Waals surface area contributed by atoms with E-state index in [4.69, 9.17) is 52.6 Å². The minimum absolute atomic E-state index is 0. The number of hydrogen-bond acceptors (Lipinski definition) is 6. The fourth-order valence-corrected chi connectivity index (χ4v) is 0. The van der Waals surface area contributed by atoms with Gasteiger partial charge in [0.15, 0.2) is 0 Å². The van der Waals surface area contributed by atoms with Crippen molar-refractivity contribution in [2.75, 3.05) is 0 Å². The second-order valence-corrected chi connectivity index (χ2v) is 4.03. The first kappa shape index (κ1) is 36.5. The van der Waals surface area contributed by atoms with Gasteiger partial charge in [0, 0.05) is 51.7 Å². The Morgan fingerprint density at radius 3 is 0.444 bits per heavy atom. The SMILES string of the molecule is O.O=S(=O)(O)O.O=S(=O)(O)O.O=S(=O)(O)O.[In].[In]. The Labute approximate surface area is 140 Å². The fraction of sp³-hybridized carbons (Fsp3) is 0. The summed E-state index contributed by atoms with van der Waals surface area (Å²) in [7, 11) is -14.0. The van der Waals surface area contributed by atoms with Crippen molar-refractivity contribution in [1.29, 1.82) is 0 Å². The molecule has 110 valence electrons. The molecule has 0 saturated carbocycles. The summed E-state index contributed by atoms with van der Waals surface area (Å²) in [4.78, 5) is 0. The van der Waals surface area contributed by atoms with Crippen LogP contribution in [0.25, 0.3) is 0 Å². The molecule has 0 spiro atoms. The largest absolute Gasteiger partial charge is 0.412 e. The molecule has 0 aromatic heterocycles. The van der Waals surface area contributed by atoms with E-state index in [1.165, 1.54) is 0 Å². The van der Waals surface area contributed by atoms with E-state index in [1.807, 2.05) is 0 Å². The Kier molecular flexibility index (Phi) is 29.9. The summed E-state index contributed by atoms with van der Waals surface area (Å²) in [6.07, 6.45) is 0. The Hall–Kier alpha value is 1.31. The smallest absolute Gasteiger partial charge is 0.394 e. The first-order valence-electron chi connectivity index (χ1n) is 2.10. The second-order valence-electron chi connectivity index (χ2n) is 1.34. The van der Waals surface area contributed by atoms with Crippen molar-refractivity contribution >= 4 is 82.9 Å². The van der Waals surface area contributed by atoms with Gasteiger partial charge in [-0.05, 0) is 0 Å². The summed E-state index contributed by atoms with van der Waals surface area (Å²) in [6, 6.07) is 0. The molecule has 0 saturated heterocycles. The molecule has 0 aliphatic rings. The van der Waals surface area contributed by atoms with Gasteiger partial charge >= 0.3 is 31.2 Å². The molecular weight excluding hydrogens is 534 g/mol. The fourth-order valence-electron chi connectivity index (χ4n) is 0. The van der Waals surface area contributed by atoms with Crippen LogP contribution in [0.2, 0.25) is 0 Å². The van der Waals surface area contributed by atoms with Gasteiger partial charge in [-0.15, -0.1) is 0 Å². The minimum Gasteiger partial charge on any atom is -0.412 e. The van der Waals surface area contributed by atoms with E-state index in [-0.39, 0.29) is 57.2 Å². The van der Waals surface area contributed by atoms with Gasteiger partial charge in [-0.25, -0.2) is 0 Å². The average Bonchev–Trinajstić information content (AvgIpc) is 1.41. The van der Waals surface area contributed by atoms with Gasteiger partial charge in [0.2, 0.25) is 0 Å².